The first kappa shape index (κ1) is 29.8. The number of pyridine rings is 1. The molecule has 4 N–H and O–H groups in total. The maximum atomic E-state index is 13.1. The van der Waals surface area contributed by atoms with Gasteiger partial charge in [0.05, 0.1) is 51.1 Å². The molecule has 4 unspecified atom stereocenters. The van der Waals surface area contributed by atoms with E-state index in [1.165, 1.54) is 11.3 Å². The molecule has 3 heterocycles. The summed E-state index contributed by atoms with van der Waals surface area (Å²) in [6.45, 7) is 5.42. The van der Waals surface area contributed by atoms with Crippen LogP contribution in [-0.2, 0) is 14.6 Å². The summed E-state index contributed by atoms with van der Waals surface area (Å²) in [6.07, 6.45) is 1.86. The first-order valence-electron chi connectivity index (χ1n) is 14.6. The third-order valence-corrected chi connectivity index (χ3v) is 10.9. The van der Waals surface area contributed by atoms with Crippen LogP contribution in [0.3, 0.4) is 0 Å². The van der Waals surface area contributed by atoms with Crippen LogP contribution in [-0.4, -0.2) is 82.3 Å². The van der Waals surface area contributed by atoms with Crippen molar-refractivity contribution in [1.82, 2.24) is 19.9 Å². The molecule has 2 saturated carbocycles. The number of hydrogen-bond donors (Lipinski definition) is 4. The van der Waals surface area contributed by atoms with Gasteiger partial charge in [-0.1, -0.05) is 18.2 Å². The van der Waals surface area contributed by atoms with Crippen molar-refractivity contribution in [3.63, 3.8) is 0 Å². The SMILES string of the molecule is CCOCCNc1nc(C)c(-c2nc3c(C4CC4)nccc3s2)c(NC2CC(CS(=O)(=O)c3ccccc3)C(O)C2O)n1. The third-order valence-electron chi connectivity index (χ3n) is 8.00. The van der Waals surface area contributed by atoms with Gasteiger partial charge in [-0.3, -0.25) is 4.98 Å². The second-order valence-electron chi connectivity index (χ2n) is 11.1. The predicted molar refractivity (Wildman–Crippen MR) is 166 cm³/mol. The molecule has 4 aromatic rings. The molecule has 2 fully saturated rings. The molecule has 6 rings (SSSR count). The smallest absolute Gasteiger partial charge is 0.224 e. The molecular formula is C30H36N6O5S2. The molecule has 1 aromatic carbocycles. The number of aliphatic hydroxyl groups is 2. The Morgan fingerprint density at radius 1 is 1.07 bits per heavy atom. The zero-order chi connectivity index (χ0) is 30.1. The summed E-state index contributed by atoms with van der Waals surface area (Å²) in [5.74, 6) is 0.338. The number of benzene rings is 1. The normalized spacial score (nSPS) is 22.2. The first-order chi connectivity index (χ1) is 20.7. The number of anilines is 2. The number of rotatable bonds is 12. The van der Waals surface area contributed by atoms with Crippen LogP contribution in [0.15, 0.2) is 47.5 Å². The van der Waals surface area contributed by atoms with E-state index in [4.69, 9.17) is 19.7 Å². The highest BCUT2D eigenvalue weighted by atomic mass is 32.2. The molecule has 0 amide bonds. The standard InChI is InChI=1S/C30H36N6O5S2/c1-3-41-14-13-32-30-33-17(2)23(29-35-25-22(42-29)11-12-31-24(25)18-9-10-18)28(36-30)34-21-15-19(26(37)27(21)38)16-43(39,40)20-7-5-4-6-8-20/h4-8,11-12,18-19,21,26-27,37-38H,3,9-10,13-16H2,1-2H3,(H2,32,33,34,36). The molecule has 2 aliphatic carbocycles. The molecule has 3 aromatic heterocycles. The van der Waals surface area contributed by atoms with E-state index < -0.39 is 34.0 Å². The minimum absolute atomic E-state index is 0.195. The first-order valence-corrected chi connectivity index (χ1v) is 17.1. The van der Waals surface area contributed by atoms with Gasteiger partial charge in [0.25, 0.3) is 0 Å². The summed E-state index contributed by atoms with van der Waals surface area (Å²) in [6, 6.07) is 9.49. The number of aryl methyl sites for hydroxylation is 1. The molecule has 2 aliphatic rings. The Morgan fingerprint density at radius 2 is 1.86 bits per heavy atom. The number of nitrogens with one attached hydrogen (secondary N) is 2. The number of ether oxygens (including phenoxy) is 1. The van der Waals surface area contributed by atoms with Gasteiger partial charge in [-0.25, -0.2) is 18.4 Å². The highest BCUT2D eigenvalue weighted by Gasteiger charge is 2.44. The highest BCUT2D eigenvalue weighted by molar-refractivity contribution is 7.91. The molecule has 228 valence electrons. The molecule has 0 aliphatic heterocycles. The average Bonchev–Trinajstić information content (AvgIpc) is 3.70. The van der Waals surface area contributed by atoms with Gasteiger partial charge in [0.1, 0.15) is 22.4 Å². The fourth-order valence-electron chi connectivity index (χ4n) is 5.64. The maximum Gasteiger partial charge on any atom is 0.224 e. The summed E-state index contributed by atoms with van der Waals surface area (Å²) in [7, 11) is -3.66. The summed E-state index contributed by atoms with van der Waals surface area (Å²) in [5, 5.41) is 29.3. The van der Waals surface area contributed by atoms with Crippen molar-refractivity contribution in [3.8, 4) is 10.6 Å². The van der Waals surface area contributed by atoms with Crippen molar-refractivity contribution < 1.29 is 23.4 Å². The minimum Gasteiger partial charge on any atom is -0.390 e. The second-order valence-corrected chi connectivity index (χ2v) is 14.2. The van der Waals surface area contributed by atoms with Gasteiger partial charge in [-0.05, 0) is 51.3 Å². The molecule has 11 nitrogen and oxygen atoms in total. The van der Waals surface area contributed by atoms with Crippen molar-refractivity contribution >= 4 is 43.2 Å². The lowest BCUT2D eigenvalue weighted by Crippen LogP contribution is -2.36. The van der Waals surface area contributed by atoms with Gasteiger partial charge >= 0.3 is 0 Å². The van der Waals surface area contributed by atoms with Crippen LogP contribution in [0, 0.1) is 12.8 Å². The number of nitrogens with zero attached hydrogens (tertiary/aromatic N) is 4. The van der Waals surface area contributed by atoms with Crippen LogP contribution in [0.4, 0.5) is 11.8 Å². The Bertz CT molecular complexity index is 1700. The third kappa shape index (κ3) is 6.36. The number of aromatic nitrogens is 4. The number of hydrogen-bond acceptors (Lipinski definition) is 12. The number of thiazole rings is 1. The summed E-state index contributed by atoms with van der Waals surface area (Å²) in [4.78, 5) is 19.3. The van der Waals surface area contributed by atoms with E-state index in [1.54, 1.807) is 30.3 Å². The van der Waals surface area contributed by atoms with Crippen molar-refractivity contribution in [3.05, 3.63) is 54.0 Å². The number of sulfone groups is 1. The van der Waals surface area contributed by atoms with Crippen molar-refractivity contribution in [2.45, 2.75) is 62.2 Å². The number of aliphatic hydroxyl groups excluding tert-OH is 2. The Kier molecular flexibility index (Phi) is 8.60. The van der Waals surface area contributed by atoms with Crippen LogP contribution in [0.1, 0.15) is 43.5 Å². The van der Waals surface area contributed by atoms with Crippen LogP contribution in [0.2, 0.25) is 0 Å². The van der Waals surface area contributed by atoms with Gasteiger partial charge < -0.3 is 25.6 Å². The summed E-state index contributed by atoms with van der Waals surface area (Å²) in [5.41, 5.74) is 3.28. The van der Waals surface area contributed by atoms with E-state index in [0.29, 0.717) is 48.7 Å². The van der Waals surface area contributed by atoms with Gasteiger partial charge in [0.2, 0.25) is 5.95 Å². The lowest BCUT2D eigenvalue weighted by molar-refractivity contribution is 0.0216. The zero-order valence-corrected chi connectivity index (χ0v) is 25.7. The molecule has 13 heteroatoms. The highest BCUT2D eigenvalue weighted by Crippen LogP contribution is 2.44. The lowest BCUT2D eigenvalue weighted by atomic mass is 10.1. The van der Waals surface area contributed by atoms with E-state index in [0.717, 1.165) is 33.8 Å². The Hall–Kier alpha value is -3.23. The number of fused-ring (bicyclic) bond motifs is 1. The molecule has 0 saturated heterocycles. The van der Waals surface area contributed by atoms with Crippen molar-refractivity contribution in [2.75, 3.05) is 36.1 Å². The van der Waals surface area contributed by atoms with Gasteiger partial charge in [-0.15, -0.1) is 11.3 Å². The van der Waals surface area contributed by atoms with Gasteiger partial charge in [0.15, 0.2) is 9.84 Å². The summed E-state index contributed by atoms with van der Waals surface area (Å²) >= 11 is 1.53. The van der Waals surface area contributed by atoms with E-state index in [-0.39, 0.29) is 17.1 Å². The maximum absolute atomic E-state index is 13.1. The lowest BCUT2D eigenvalue weighted by Gasteiger charge is -2.21. The molecule has 0 bridgehead atoms. The molecular weight excluding hydrogens is 589 g/mol. The van der Waals surface area contributed by atoms with Crippen LogP contribution in [0.25, 0.3) is 20.8 Å². The van der Waals surface area contributed by atoms with E-state index >= 15 is 0 Å². The monoisotopic (exact) mass is 624 g/mol. The van der Waals surface area contributed by atoms with Gasteiger partial charge in [0, 0.05) is 31.2 Å². The topological polar surface area (TPSA) is 159 Å². The van der Waals surface area contributed by atoms with Crippen molar-refractivity contribution in [1.29, 1.82) is 0 Å². The largest absolute Gasteiger partial charge is 0.390 e. The quantitative estimate of drug-likeness (QED) is 0.170. The van der Waals surface area contributed by atoms with Crippen molar-refractivity contribution in [2.24, 2.45) is 5.92 Å². The molecule has 0 radical (unpaired) electrons. The van der Waals surface area contributed by atoms with E-state index in [1.807, 2.05) is 26.1 Å². The molecule has 4 atom stereocenters. The second kappa shape index (κ2) is 12.4. The predicted octanol–water partition coefficient (Wildman–Crippen LogP) is 3.78. The molecule has 43 heavy (non-hydrogen) atoms. The fraction of sp³-hybridized carbons (Fsp3) is 0.467. The average molecular weight is 625 g/mol. The van der Waals surface area contributed by atoms with E-state index in [9.17, 15) is 18.6 Å². The Morgan fingerprint density at radius 3 is 2.60 bits per heavy atom. The van der Waals surface area contributed by atoms with Gasteiger partial charge in [-0.2, -0.15) is 4.98 Å². The minimum atomic E-state index is -3.66. The Labute approximate surface area is 254 Å². The van der Waals surface area contributed by atoms with E-state index in [2.05, 4.69) is 15.6 Å². The zero-order valence-electron chi connectivity index (χ0n) is 24.1. The summed E-state index contributed by atoms with van der Waals surface area (Å²) < 4.78 is 32.6. The van der Waals surface area contributed by atoms with Crippen LogP contribution >= 0.6 is 11.3 Å². The van der Waals surface area contributed by atoms with Crippen LogP contribution in [0.5, 0.6) is 0 Å². The van der Waals surface area contributed by atoms with Crippen LogP contribution < -0.4 is 10.6 Å². The Balaban J connectivity index is 1.31. The fourth-order valence-corrected chi connectivity index (χ4v) is 8.37. The molecule has 0 spiro atoms.